The lowest BCUT2D eigenvalue weighted by molar-refractivity contribution is -0.121. The summed E-state index contributed by atoms with van der Waals surface area (Å²) in [6.07, 6.45) is 0.961. The molecule has 0 saturated heterocycles. The number of primary sulfonamides is 1. The van der Waals surface area contributed by atoms with Crippen LogP contribution in [0.25, 0.3) is 0 Å². The van der Waals surface area contributed by atoms with Crippen molar-refractivity contribution in [3.8, 4) is 5.75 Å². The molecule has 2 aromatic carbocycles. The van der Waals surface area contributed by atoms with Crippen molar-refractivity contribution in [1.29, 1.82) is 0 Å². The SMILES string of the molecule is Cc1ccc(OCCCC(=O)N[C@@H](C)c2ccc(S(N)(=O)=O)cc2)cc1. The molecule has 0 unspecified atom stereocenters. The van der Waals surface area contributed by atoms with E-state index in [2.05, 4.69) is 5.32 Å². The Kier molecular flexibility index (Phi) is 6.76. The Hall–Kier alpha value is -2.38. The number of amides is 1. The minimum Gasteiger partial charge on any atom is -0.494 e. The van der Waals surface area contributed by atoms with Crippen LogP contribution in [-0.4, -0.2) is 20.9 Å². The molecule has 0 aliphatic rings. The summed E-state index contributed by atoms with van der Waals surface area (Å²) in [4.78, 5) is 12.1. The minimum atomic E-state index is -3.71. The van der Waals surface area contributed by atoms with Crippen LogP contribution in [0.15, 0.2) is 53.4 Å². The molecule has 0 aliphatic heterocycles. The second-order valence-electron chi connectivity index (χ2n) is 6.17. The number of carbonyl (C=O) groups is 1. The third-order valence-electron chi connectivity index (χ3n) is 3.92. The van der Waals surface area contributed by atoms with Crippen molar-refractivity contribution in [2.45, 2.75) is 37.6 Å². The molecule has 140 valence electrons. The highest BCUT2D eigenvalue weighted by molar-refractivity contribution is 7.89. The van der Waals surface area contributed by atoms with Gasteiger partial charge in [-0.15, -0.1) is 0 Å². The van der Waals surface area contributed by atoms with Crippen LogP contribution >= 0.6 is 0 Å². The molecule has 0 spiro atoms. The van der Waals surface area contributed by atoms with Crippen LogP contribution in [0.5, 0.6) is 5.75 Å². The van der Waals surface area contributed by atoms with Gasteiger partial charge in [0.2, 0.25) is 15.9 Å². The van der Waals surface area contributed by atoms with E-state index in [-0.39, 0.29) is 16.8 Å². The summed E-state index contributed by atoms with van der Waals surface area (Å²) in [6.45, 7) is 4.32. The fourth-order valence-corrected chi connectivity index (χ4v) is 2.92. The Bertz CT molecular complexity index is 831. The van der Waals surface area contributed by atoms with Gasteiger partial charge in [-0.3, -0.25) is 4.79 Å². The lowest BCUT2D eigenvalue weighted by Crippen LogP contribution is -2.26. The lowest BCUT2D eigenvalue weighted by Gasteiger charge is -2.15. The summed E-state index contributed by atoms with van der Waals surface area (Å²) >= 11 is 0. The van der Waals surface area contributed by atoms with Crippen molar-refractivity contribution in [3.05, 3.63) is 59.7 Å². The standard InChI is InChI=1S/C19H24N2O4S/c1-14-5-9-17(10-6-14)25-13-3-4-19(22)21-15(2)16-7-11-18(12-8-16)26(20,23)24/h5-12,15H,3-4,13H2,1-2H3,(H,21,22)(H2,20,23,24)/t15-/m0/s1. The molecule has 0 heterocycles. The molecule has 1 amide bonds. The zero-order valence-electron chi connectivity index (χ0n) is 14.9. The minimum absolute atomic E-state index is 0.0491. The highest BCUT2D eigenvalue weighted by Crippen LogP contribution is 2.16. The van der Waals surface area contributed by atoms with Gasteiger partial charge in [0.05, 0.1) is 17.5 Å². The first-order valence-electron chi connectivity index (χ1n) is 8.37. The summed E-state index contributed by atoms with van der Waals surface area (Å²) in [5.74, 6) is 0.708. The number of nitrogens with one attached hydrogen (secondary N) is 1. The predicted molar refractivity (Wildman–Crippen MR) is 100 cm³/mol. The topological polar surface area (TPSA) is 98.5 Å². The number of hydrogen-bond acceptors (Lipinski definition) is 4. The first-order valence-corrected chi connectivity index (χ1v) is 9.92. The highest BCUT2D eigenvalue weighted by Gasteiger charge is 2.12. The van der Waals surface area contributed by atoms with E-state index >= 15 is 0 Å². The second kappa shape index (κ2) is 8.82. The van der Waals surface area contributed by atoms with Gasteiger partial charge in [-0.2, -0.15) is 0 Å². The van der Waals surface area contributed by atoms with Crippen molar-refractivity contribution >= 4 is 15.9 Å². The maximum atomic E-state index is 12.0. The fraction of sp³-hybridized carbons (Fsp3) is 0.316. The number of aryl methyl sites for hydroxylation is 1. The second-order valence-corrected chi connectivity index (χ2v) is 7.73. The monoisotopic (exact) mass is 376 g/mol. The van der Waals surface area contributed by atoms with E-state index < -0.39 is 10.0 Å². The van der Waals surface area contributed by atoms with E-state index in [0.717, 1.165) is 11.3 Å². The van der Waals surface area contributed by atoms with Crippen LogP contribution in [0.1, 0.15) is 36.9 Å². The van der Waals surface area contributed by atoms with Gasteiger partial charge in [0, 0.05) is 6.42 Å². The fourth-order valence-electron chi connectivity index (χ4n) is 2.40. The molecule has 3 N–H and O–H groups in total. The average molecular weight is 376 g/mol. The first kappa shape index (κ1) is 19.9. The van der Waals surface area contributed by atoms with Gasteiger partial charge in [-0.1, -0.05) is 29.8 Å². The smallest absolute Gasteiger partial charge is 0.238 e. The predicted octanol–water partition coefficient (Wildman–Crippen LogP) is 2.68. The van der Waals surface area contributed by atoms with Crippen molar-refractivity contribution in [3.63, 3.8) is 0 Å². The molecule has 0 fully saturated rings. The number of benzene rings is 2. The van der Waals surface area contributed by atoms with Crippen molar-refractivity contribution < 1.29 is 17.9 Å². The number of rotatable bonds is 8. The molecule has 2 rings (SSSR count). The zero-order valence-corrected chi connectivity index (χ0v) is 15.8. The Labute approximate surface area is 154 Å². The third-order valence-corrected chi connectivity index (χ3v) is 4.85. The normalized spacial score (nSPS) is 12.4. The summed E-state index contributed by atoms with van der Waals surface area (Å²) in [6, 6.07) is 13.7. The molecule has 0 bridgehead atoms. The molecular formula is C19H24N2O4S. The first-order chi connectivity index (χ1) is 12.3. The van der Waals surface area contributed by atoms with Crippen LogP contribution in [0.2, 0.25) is 0 Å². The van der Waals surface area contributed by atoms with E-state index in [4.69, 9.17) is 9.88 Å². The Morgan fingerprint density at radius 1 is 1.12 bits per heavy atom. The molecule has 1 atom stereocenters. The van der Waals surface area contributed by atoms with E-state index in [9.17, 15) is 13.2 Å². The molecule has 2 aromatic rings. The third kappa shape index (κ3) is 6.16. The summed E-state index contributed by atoms with van der Waals surface area (Å²) in [7, 11) is -3.71. The van der Waals surface area contributed by atoms with Gasteiger partial charge in [0.15, 0.2) is 0 Å². The number of nitrogens with two attached hydrogens (primary N) is 1. The largest absolute Gasteiger partial charge is 0.494 e. The maximum absolute atomic E-state index is 12.0. The number of hydrogen-bond donors (Lipinski definition) is 2. The van der Waals surface area contributed by atoms with Crippen molar-refractivity contribution in [1.82, 2.24) is 5.32 Å². The number of sulfonamides is 1. The van der Waals surface area contributed by atoms with Crippen LogP contribution in [0.4, 0.5) is 0 Å². The molecule has 26 heavy (non-hydrogen) atoms. The highest BCUT2D eigenvalue weighted by atomic mass is 32.2. The Morgan fingerprint density at radius 2 is 1.73 bits per heavy atom. The van der Waals surface area contributed by atoms with Crippen molar-refractivity contribution in [2.75, 3.05) is 6.61 Å². The Balaban J connectivity index is 1.75. The molecule has 7 heteroatoms. The molecule has 6 nitrogen and oxygen atoms in total. The van der Waals surface area contributed by atoms with Gasteiger partial charge >= 0.3 is 0 Å². The zero-order chi connectivity index (χ0) is 19.2. The molecule has 0 aliphatic carbocycles. The van der Waals surface area contributed by atoms with Gasteiger partial charge in [-0.05, 0) is 50.1 Å². The van der Waals surface area contributed by atoms with Gasteiger partial charge in [-0.25, -0.2) is 13.6 Å². The number of ether oxygens (including phenoxy) is 1. The Morgan fingerprint density at radius 3 is 2.31 bits per heavy atom. The van der Waals surface area contributed by atoms with E-state index in [1.165, 1.54) is 17.7 Å². The van der Waals surface area contributed by atoms with Gasteiger partial charge in [0.1, 0.15) is 5.75 Å². The summed E-state index contributed by atoms with van der Waals surface area (Å²) < 4.78 is 28.1. The van der Waals surface area contributed by atoms with Crippen LogP contribution in [0, 0.1) is 6.92 Å². The quantitative estimate of drug-likeness (QED) is 0.692. The van der Waals surface area contributed by atoms with E-state index in [0.29, 0.717) is 19.4 Å². The maximum Gasteiger partial charge on any atom is 0.238 e. The molecule has 0 saturated carbocycles. The van der Waals surface area contributed by atoms with E-state index in [1.54, 1.807) is 12.1 Å². The van der Waals surface area contributed by atoms with Crippen LogP contribution in [0.3, 0.4) is 0 Å². The molecular weight excluding hydrogens is 352 g/mol. The van der Waals surface area contributed by atoms with E-state index in [1.807, 2.05) is 38.1 Å². The van der Waals surface area contributed by atoms with Crippen LogP contribution < -0.4 is 15.2 Å². The van der Waals surface area contributed by atoms with Gasteiger partial charge in [0.25, 0.3) is 0 Å². The van der Waals surface area contributed by atoms with Gasteiger partial charge < -0.3 is 10.1 Å². The molecule has 0 radical (unpaired) electrons. The molecule has 0 aromatic heterocycles. The average Bonchev–Trinajstić information content (AvgIpc) is 2.59. The van der Waals surface area contributed by atoms with Crippen LogP contribution in [-0.2, 0) is 14.8 Å². The summed E-state index contributed by atoms with van der Waals surface area (Å²) in [5.41, 5.74) is 1.98. The number of carbonyl (C=O) groups excluding carboxylic acids is 1. The lowest BCUT2D eigenvalue weighted by atomic mass is 10.1. The summed E-state index contributed by atoms with van der Waals surface area (Å²) in [5, 5.41) is 7.96. The van der Waals surface area contributed by atoms with Crippen molar-refractivity contribution in [2.24, 2.45) is 5.14 Å².